The Morgan fingerprint density at radius 2 is 2.33 bits per heavy atom. The fourth-order valence-corrected chi connectivity index (χ4v) is 2.48. The van der Waals surface area contributed by atoms with Gasteiger partial charge in [0.05, 0.1) is 12.1 Å². The zero-order chi connectivity index (χ0) is 13.0. The Morgan fingerprint density at radius 3 is 2.89 bits per heavy atom. The molecular weight excluding hydrogens is 251 g/mol. The molecule has 2 aromatic rings. The molecule has 1 atom stereocenters. The van der Waals surface area contributed by atoms with E-state index in [1.807, 2.05) is 18.5 Å². The Morgan fingerprint density at radius 1 is 1.50 bits per heavy atom. The standard InChI is InChI=1S/C13H15FN2OS/c1-15-11(8-13-16-5-6-18-13)9-3-4-12(17-2)10(14)7-9/h3-7,11,15H,8H2,1-2H3. The van der Waals surface area contributed by atoms with Crippen LogP contribution in [0.3, 0.4) is 0 Å². The van der Waals surface area contributed by atoms with Crippen LogP contribution in [0.5, 0.6) is 5.75 Å². The van der Waals surface area contributed by atoms with E-state index in [1.54, 1.807) is 23.6 Å². The molecule has 0 aliphatic rings. The van der Waals surface area contributed by atoms with Crippen LogP contribution in [0, 0.1) is 5.82 Å². The second-order valence-electron chi connectivity index (χ2n) is 3.87. The summed E-state index contributed by atoms with van der Waals surface area (Å²) in [5, 5.41) is 6.15. The zero-order valence-corrected chi connectivity index (χ0v) is 11.1. The van der Waals surface area contributed by atoms with Crippen molar-refractivity contribution in [1.29, 1.82) is 0 Å². The summed E-state index contributed by atoms with van der Waals surface area (Å²) in [6.07, 6.45) is 2.53. The second-order valence-corrected chi connectivity index (χ2v) is 4.84. The highest BCUT2D eigenvalue weighted by molar-refractivity contribution is 7.09. The van der Waals surface area contributed by atoms with Gasteiger partial charge >= 0.3 is 0 Å². The van der Waals surface area contributed by atoms with E-state index in [1.165, 1.54) is 13.2 Å². The lowest BCUT2D eigenvalue weighted by atomic mass is 10.0. The monoisotopic (exact) mass is 266 g/mol. The summed E-state index contributed by atoms with van der Waals surface area (Å²) < 4.78 is 18.6. The third-order valence-corrected chi connectivity index (χ3v) is 3.59. The van der Waals surface area contributed by atoms with Crippen LogP contribution in [0.2, 0.25) is 0 Å². The Balaban J connectivity index is 2.19. The highest BCUT2D eigenvalue weighted by atomic mass is 32.1. The molecule has 0 fully saturated rings. The van der Waals surface area contributed by atoms with Crippen molar-refractivity contribution in [3.63, 3.8) is 0 Å². The van der Waals surface area contributed by atoms with Gasteiger partial charge in [0.25, 0.3) is 0 Å². The fraction of sp³-hybridized carbons (Fsp3) is 0.308. The molecular formula is C13H15FN2OS. The number of likely N-dealkylation sites (N-methyl/N-ethyl adjacent to an activating group) is 1. The van der Waals surface area contributed by atoms with Crippen molar-refractivity contribution in [1.82, 2.24) is 10.3 Å². The molecule has 0 aliphatic carbocycles. The van der Waals surface area contributed by atoms with Crippen LogP contribution in [-0.2, 0) is 6.42 Å². The summed E-state index contributed by atoms with van der Waals surface area (Å²) >= 11 is 1.60. The highest BCUT2D eigenvalue weighted by Gasteiger charge is 2.14. The first kappa shape index (κ1) is 13.0. The number of aromatic nitrogens is 1. The molecule has 1 aromatic carbocycles. The number of hydrogen-bond acceptors (Lipinski definition) is 4. The Labute approximate surface area is 110 Å². The molecule has 1 unspecified atom stereocenters. The van der Waals surface area contributed by atoms with Crippen molar-refractivity contribution < 1.29 is 9.13 Å². The van der Waals surface area contributed by atoms with E-state index in [4.69, 9.17) is 4.74 Å². The van der Waals surface area contributed by atoms with Gasteiger partial charge in [-0.25, -0.2) is 9.37 Å². The molecule has 96 valence electrons. The topological polar surface area (TPSA) is 34.2 Å². The first-order chi connectivity index (χ1) is 8.74. The van der Waals surface area contributed by atoms with Gasteiger partial charge in [-0.2, -0.15) is 0 Å². The number of benzene rings is 1. The molecule has 0 saturated carbocycles. The molecule has 0 spiro atoms. The smallest absolute Gasteiger partial charge is 0.165 e. The van der Waals surface area contributed by atoms with Gasteiger partial charge < -0.3 is 10.1 Å². The van der Waals surface area contributed by atoms with Gasteiger partial charge in [0.1, 0.15) is 0 Å². The summed E-state index contributed by atoms with van der Waals surface area (Å²) in [4.78, 5) is 4.25. The zero-order valence-electron chi connectivity index (χ0n) is 10.3. The maximum absolute atomic E-state index is 13.7. The average Bonchev–Trinajstić information content (AvgIpc) is 2.88. The van der Waals surface area contributed by atoms with Gasteiger partial charge in [0.2, 0.25) is 0 Å². The SMILES string of the molecule is CNC(Cc1nccs1)c1ccc(OC)c(F)c1. The fourth-order valence-electron chi connectivity index (χ4n) is 1.81. The van der Waals surface area contributed by atoms with Gasteiger partial charge in [0, 0.05) is 24.0 Å². The third-order valence-electron chi connectivity index (χ3n) is 2.79. The van der Waals surface area contributed by atoms with Crippen molar-refractivity contribution in [3.8, 4) is 5.75 Å². The van der Waals surface area contributed by atoms with E-state index >= 15 is 0 Å². The van der Waals surface area contributed by atoms with Gasteiger partial charge in [0.15, 0.2) is 11.6 Å². The summed E-state index contributed by atoms with van der Waals surface area (Å²) in [5.41, 5.74) is 0.894. The molecule has 0 aliphatic heterocycles. The minimum atomic E-state index is -0.339. The van der Waals surface area contributed by atoms with Gasteiger partial charge in [-0.15, -0.1) is 11.3 Å². The van der Waals surface area contributed by atoms with Crippen molar-refractivity contribution in [2.24, 2.45) is 0 Å². The van der Waals surface area contributed by atoms with Crippen molar-refractivity contribution in [2.75, 3.05) is 14.2 Å². The third kappa shape index (κ3) is 2.86. The molecule has 0 bridgehead atoms. The average molecular weight is 266 g/mol. The minimum absolute atomic E-state index is 0.0524. The van der Waals surface area contributed by atoms with Gasteiger partial charge in [-0.1, -0.05) is 6.07 Å². The molecule has 3 nitrogen and oxygen atoms in total. The van der Waals surface area contributed by atoms with E-state index in [0.717, 1.165) is 17.0 Å². The molecule has 5 heteroatoms. The lowest BCUT2D eigenvalue weighted by molar-refractivity contribution is 0.385. The van der Waals surface area contributed by atoms with Crippen LogP contribution in [0.1, 0.15) is 16.6 Å². The quantitative estimate of drug-likeness (QED) is 0.903. The normalized spacial score (nSPS) is 12.4. The first-order valence-corrected chi connectivity index (χ1v) is 6.51. The number of nitrogens with one attached hydrogen (secondary N) is 1. The predicted octanol–water partition coefficient (Wildman–Crippen LogP) is 2.79. The summed E-state index contributed by atoms with van der Waals surface area (Å²) in [7, 11) is 3.32. The van der Waals surface area contributed by atoms with E-state index in [2.05, 4.69) is 10.3 Å². The number of methoxy groups -OCH3 is 1. The van der Waals surface area contributed by atoms with Crippen LogP contribution in [-0.4, -0.2) is 19.1 Å². The largest absolute Gasteiger partial charge is 0.494 e. The Bertz CT molecular complexity index is 502. The minimum Gasteiger partial charge on any atom is -0.494 e. The molecule has 0 radical (unpaired) electrons. The van der Waals surface area contributed by atoms with Crippen LogP contribution in [0.4, 0.5) is 4.39 Å². The van der Waals surface area contributed by atoms with Gasteiger partial charge in [-0.05, 0) is 24.7 Å². The maximum atomic E-state index is 13.7. The van der Waals surface area contributed by atoms with Crippen LogP contribution in [0.25, 0.3) is 0 Å². The molecule has 1 N–H and O–H groups in total. The number of thiazole rings is 1. The van der Waals surface area contributed by atoms with Crippen molar-refractivity contribution in [2.45, 2.75) is 12.5 Å². The van der Waals surface area contributed by atoms with E-state index in [-0.39, 0.29) is 17.6 Å². The summed E-state index contributed by atoms with van der Waals surface area (Å²) in [6, 6.07) is 5.08. The summed E-state index contributed by atoms with van der Waals surface area (Å²) in [6.45, 7) is 0. The Kier molecular flexibility index (Phi) is 4.28. The van der Waals surface area contributed by atoms with Gasteiger partial charge in [-0.3, -0.25) is 0 Å². The summed E-state index contributed by atoms with van der Waals surface area (Å²) in [5.74, 6) is -0.0720. The number of hydrogen-bond donors (Lipinski definition) is 1. The first-order valence-electron chi connectivity index (χ1n) is 5.63. The van der Waals surface area contributed by atoms with E-state index in [9.17, 15) is 4.39 Å². The Hall–Kier alpha value is -1.46. The lowest BCUT2D eigenvalue weighted by Gasteiger charge is -2.16. The lowest BCUT2D eigenvalue weighted by Crippen LogP contribution is -2.19. The molecule has 0 amide bonds. The van der Waals surface area contributed by atoms with Crippen molar-refractivity contribution >= 4 is 11.3 Å². The second kappa shape index (κ2) is 5.93. The molecule has 18 heavy (non-hydrogen) atoms. The highest BCUT2D eigenvalue weighted by Crippen LogP contribution is 2.24. The van der Waals surface area contributed by atoms with Crippen LogP contribution in [0.15, 0.2) is 29.8 Å². The van der Waals surface area contributed by atoms with Crippen LogP contribution >= 0.6 is 11.3 Å². The number of nitrogens with zero attached hydrogens (tertiary/aromatic N) is 1. The maximum Gasteiger partial charge on any atom is 0.165 e. The van der Waals surface area contributed by atoms with E-state index < -0.39 is 0 Å². The molecule has 2 rings (SSSR count). The van der Waals surface area contributed by atoms with E-state index in [0.29, 0.717) is 0 Å². The van der Waals surface area contributed by atoms with Crippen LogP contribution < -0.4 is 10.1 Å². The van der Waals surface area contributed by atoms with Crippen molar-refractivity contribution in [3.05, 3.63) is 46.2 Å². The number of rotatable bonds is 5. The number of halogens is 1. The number of ether oxygens (including phenoxy) is 1. The molecule has 1 aromatic heterocycles. The molecule has 0 saturated heterocycles. The predicted molar refractivity (Wildman–Crippen MR) is 70.6 cm³/mol. The molecule has 1 heterocycles.